The van der Waals surface area contributed by atoms with Crippen LogP contribution >= 0.6 is 23.2 Å². The Balaban J connectivity index is 2.09. The molecule has 0 saturated heterocycles. The van der Waals surface area contributed by atoms with Crippen molar-refractivity contribution >= 4 is 38.7 Å². The molecule has 0 bridgehead atoms. The lowest BCUT2D eigenvalue weighted by molar-refractivity contribution is 0.602. The highest BCUT2D eigenvalue weighted by atomic mass is 35.5. The Labute approximate surface area is 162 Å². The molecule has 0 atom stereocenters. The molecule has 0 aliphatic rings. The number of halogens is 2. The first-order chi connectivity index (χ1) is 12.2. The van der Waals surface area contributed by atoms with Crippen LogP contribution in [0.1, 0.15) is 0 Å². The fourth-order valence-corrected chi connectivity index (χ4v) is 3.88. The monoisotopic (exact) mass is 409 g/mol. The topological polar surface area (TPSA) is 55.2 Å². The predicted molar refractivity (Wildman–Crippen MR) is 106 cm³/mol. The zero-order chi connectivity index (χ0) is 19.1. The van der Waals surface area contributed by atoms with Gasteiger partial charge >= 0.3 is 0 Å². The minimum absolute atomic E-state index is 0.257. The molecule has 26 heavy (non-hydrogen) atoms. The lowest BCUT2D eigenvalue weighted by Crippen LogP contribution is -2.09. The second kappa shape index (κ2) is 6.95. The molecular weight excluding hydrogens is 393 g/mol. The van der Waals surface area contributed by atoms with E-state index in [2.05, 4.69) is 4.98 Å². The number of nitrogens with zero attached hydrogens (tertiary/aromatic N) is 3. The zero-order valence-corrected chi connectivity index (χ0v) is 16.8. The van der Waals surface area contributed by atoms with E-state index in [1.54, 1.807) is 35.2 Å². The summed E-state index contributed by atoms with van der Waals surface area (Å²) < 4.78 is 25.1. The van der Waals surface area contributed by atoms with E-state index in [4.69, 9.17) is 23.2 Å². The summed E-state index contributed by atoms with van der Waals surface area (Å²) in [5.74, 6) is 0. The molecule has 0 amide bonds. The SMILES string of the molecule is CN(C)c1ccc(-c2c(Cl)ncn2-c2ccc(S(C)(=O)=O)cc2)cc1Cl. The highest BCUT2D eigenvalue weighted by molar-refractivity contribution is 7.90. The summed E-state index contributed by atoms with van der Waals surface area (Å²) in [7, 11) is 0.586. The molecule has 0 radical (unpaired) electrons. The summed E-state index contributed by atoms with van der Waals surface area (Å²) in [6.45, 7) is 0. The molecule has 0 aliphatic carbocycles. The summed E-state index contributed by atoms with van der Waals surface area (Å²) in [4.78, 5) is 6.37. The van der Waals surface area contributed by atoms with Gasteiger partial charge in [-0.15, -0.1) is 0 Å². The van der Waals surface area contributed by atoms with Crippen LogP contribution in [-0.2, 0) is 9.84 Å². The number of imidazole rings is 1. The van der Waals surface area contributed by atoms with E-state index in [0.29, 0.717) is 15.9 Å². The molecule has 3 rings (SSSR count). The minimum atomic E-state index is -3.25. The highest BCUT2D eigenvalue weighted by Crippen LogP contribution is 2.34. The number of anilines is 1. The maximum absolute atomic E-state index is 11.6. The molecule has 0 N–H and O–H groups in total. The van der Waals surface area contributed by atoms with Crippen molar-refractivity contribution in [2.45, 2.75) is 4.90 Å². The second-order valence-corrected chi connectivity index (χ2v) is 8.86. The van der Waals surface area contributed by atoms with Gasteiger partial charge in [0.2, 0.25) is 0 Å². The van der Waals surface area contributed by atoms with E-state index in [0.717, 1.165) is 16.9 Å². The maximum atomic E-state index is 11.6. The third kappa shape index (κ3) is 3.58. The molecule has 0 saturated carbocycles. The Hall–Kier alpha value is -2.02. The van der Waals surface area contributed by atoms with Crippen molar-refractivity contribution in [2.75, 3.05) is 25.3 Å². The van der Waals surface area contributed by atoms with E-state index in [1.807, 2.05) is 37.2 Å². The van der Waals surface area contributed by atoms with Gasteiger partial charge in [0, 0.05) is 31.6 Å². The summed E-state index contributed by atoms with van der Waals surface area (Å²) in [5, 5.41) is 0.939. The van der Waals surface area contributed by atoms with Crippen molar-refractivity contribution in [3.63, 3.8) is 0 Å². The average Bonchev–Trinajstić information content (AvgIpc) is 2.95. The lowest BCUT2D eigenvalue weighted by Gasteiger charge is -2.16. The van der Waals surface area contributed by atoms with Gasteiger partial charge in [-0.2, -0.15) is 0 Å². The molecule has 1 aromatic heterocycles. The maximum Gasteiger partial charge on any atom is 0.175 e. The molecule has 8 heteroatoms. The summed E-state index contributed by atoms with van der Waals surface area (Å²) in [6.07, 6.45) is 2.77. The van der Waals surface area contributed by atoms with E-state index >= 15 is 0 Å². The van der Waals surface area contributed by atoms with Crippen LogP contribution in [0, 0.1) is 0 Å². The Morgan fingerprint density at radius 1 is 1.04 bits per heavy atom. The fourth-order valence-electron chi connectivity index (χ4n) is 2.65. The average molecular weight is 410 g/mol. The molecule has 0 spiro atoms. The van der Waals surface area contributed by atoms with Gasteiger partial charge in [0.25, 0.3) is 0 Å². The van der Waals surface area contributed by atoms with Crippen LogP contribution in [0.3, 0.4) is 0 Å². The van der Waals surface area contributed by atoms with Crippen LogP contribution in [0.2, 0.25) is 10.2 Å². The van der Waals surface area contributed by atoms with Crippen LogP contribution in [0.4, 0.5) is 5.69 Å². The van der Waals surface area contributed by atoms with Gasteiger partial charge in [0.15, 0.2) is 15.0 Å². The summed E-state index contributed by atoms with van der Waals surface area (Å²) in [6, 6.07) is 12.2. The van der Waals surface area contributed by atoms with Crippen LogP contribution in [-0.4, -0.2) is 38.3 Å². The quantitative estimate of drug-likeness (QED) is 0.643. The number of rotatable bonds is 4. The van der Waals surface area contributed by atoms with Gasteiger partial charge in [-0.1, -0.05) is 29.3 Å². The lowest BCUT2D eigenvalue weighted by atomic mass is 10.1. The van der Waals surface area contributed by atoms with Gasteiger partial charge < -0.3 is 4.90 Å². The normalized spacial score (nSPS) is 11.6. The molecule has 0 aliphatic heterocycles. The third-order valence-electron chi connectivity index (χ3n) is 3.97. The molecular formula is C18H17Cl2N3O2S. The Morgan fingerprint density at radius 2 is 1.69 bits per heavy atom. The number of hydrogen-bond acceptors (Lipinski definition) is 4. The van der Waals surface area contributed by atoms with Crippen molar-refractivity contribution in [1.82, 2.24) is 9.55 Å². The van der Waals surface area contributed by atoms with E-state index < -0.39 is 9.84 Å². The van der Waals surface area contributed by atoms with Crippen molar-refractivity contribution in [1.29, 1.82) is 0 Å². The Morgan fingerprint density at radius 3 is 2.23 bits per heavy atom. The first-order valence-electron chi connectivity index (χ1n) is 7.69. The third-order valence-corrected chi connectivity index (χ3v) is 5.68. The Bertz CT molecular complexity index is 1060. The van der Waals surface area contributed by atoms with Crippen LogP contribution in [0.25, 0.3) is 16.9 Å². The van der Waals surface area contributed by atoms with Gasteiger partial charge in [-0.05, 0) is 36.4 Å². The van der Waals surface area contributed by atoms with Gasteiger partial charge in [0.1, 0.15) is 6.33 Å². The van der Waals surface area contributed by atoms with Crippen LogP contribution < -0.4 is 4.90 Å². The standard InChI is InChI=1S/C18H17Cl2N3O2S/c1-22(2)16-9-4-12(10-15(16)19)17-18(20)21-11-23(17)13-5-7-14(8-6-13)26(3,24)25/h4-11H,1-3H3. The van der Waals surface area contributed by atoms with Crippen molar-refractivity contribution in [3.8, 4) is 16.9 Å². The molecule has 5 nitrogen and oxygen atoms in total. The molecule has 2 aromatic carbocycles. The number of sulfone groups is 1. The van der Waals surface area contributed by atoms with E-state index in [-0.39, 0.29) is 4.90 Å². The fraction of sp³-hybridized carbons (Fsp3) is 0.167. The first-order valence-corrected chi connectivity index (χ1v) is 10.3. The number of benzene rings is 2. The van der Waals surface area contributed by atoms with Crippen molar-refractivity contribution in [2.24, 2.45) is 0 Å². The van der Waals surface area contributed by atoms with Gasteiger partial charge in [-0.3, -0.25) is 4.57 Å². The van der Waals surface area contributed by atoms with E-state index in [9.17, 15) is 8.42 Å². The van der Waals surface area contributed by atoms with Gasteiger partial charge in [0.05, 0.1) is 21.3 Å². The second-order valence-electron chi connectivity index (χ2n) is 6.08. The molecule has 3 aromatic rings. The van der Waals surface area contributed by atoms with Crippen LogP contribution in [0.5, 0.6) is 0 Å². The van der Waals surface area contributed by atoms with E-state index in [1.165, 1.54) is 6.26 Å². The largest absolute Gasteiger partial charge is 0.376 e. The first kappa shape index (κ1) is 18.8. The minimum Gasteiger partial charge on any atom is -0.376 e. The smallest absolute Gasteiger partial charge is 0.175 e. The summed E-state index contributed by atoms with van der Waals surface area (Å²) >= 11 is 12.7. The van der Waals surface area contributed by atoms with Crippen molar-refractivity contribution < 1.29 is 8.42 Å². The number of aromatic nitrogens is 2. The predicted octanol–water partition coefficient (Wildman–Crippen LogP) is 4.32. The Kier molecular flexibility index (Phi) is 5.01. The number of hydrogen-bond donors (Lipinski definition) is 0. The highest BCUT2D eigenvalue weighted by Gasteiger charge is 2.16. The van der Waals surface area contributed by atoms with Crippen LogP contribution in [0.15, 0.2) is 53.7 Å². The molecule has 0 fully saturated rings. The zero-order valence-electron chi connectivity index (χ0n) is 14.4. The molecule has 0 unspecified atom stereocenters. The summed E-state index contributed by atoms with van der Waals surface area (Å²) in [5.41, 5.74) is 3.15. The van der Waals surface area contributed by atoms with Crippen molar-refractivity contribution in [3.05, 3.63) is 59.0 Å². The van der Waals surface area contributed by atoms with Gasteiger partial charge in [-0.25, -0.2) is 13.4 Å². The molecule has 1 heterocycles. The molecule has 136 valence electrons.